The molecule has 0 N–H and O–H groups in total. The van der Waals surface area contributed by atoms with Gasteiger partial charge in [0.15, 0.2) is 0 Å². The number of hydrogen-bond acceptors (Lipinski definition) is 3. The molecule has 0 fully saturated rings. The van der Waals surface area contributed by atoms with Crippen LogP contribution in [0.25, 0.3) is 32.7 Å². The highest BCUT2D eigenvalue weighted by molar-refractivity contribution is 7.16. The van der Waals surface area contributed by atoms with Crippen molar-refractivity contribution in [3.05, 3.63) is 58.1 Å². The van der Waals surface area contributed by atoms with Crippen LogP contribution in [0.1, 0.15) is 17.8 Å². The zero-order chi connectivity index (χ0) is 17.8. The summed E-state index contributed by atoms with van der Waals surface area (Å²) in [6, 6.07) is 9.37. The van der Waals surface area contributed by atoms with Gasteiger partial charge < -0.3 is 4.57 Å². The van der Waals surface area contributed by atoms with Gasteiger partial charge in [-0.05, 0) is 43.2 Å². The number of nitrogens with zero attached hydrogens (tertiary/aromatic N) is 3. The third-order valence-corrected chi connectivity index (χ3v) is 6.14. The minimum absolute atomic E-state index is 0.336. The SMILES string of the molecule is Cc1cc(-c2nc3n(c2-c2ccc4ncsc4c2)CCC3)c(F)cc1Cl. The zero-order valence-corrected chi connectivity index (χ0v) is 15.7. The minimum Gasteiger partial charge on any atom is -0.327 e. The second-order valence-corrected chi connectivity index (χ2v) is 7.89. The summed E-state index contributed by atoms with van der Waals surface area (Å²) in [6.07, 6.45) is 1.99. The molecule has 4 aromatic rings. The molecule has 2 aromatic carbocycles. The van der Waals surface area contributed by atoms with E-state index < -0.39 is 0 Å². The first-order valence-electron chi connectivity index (χ1n) is 8.51. The zero-order valence-electron chi connectivity index (χ0n) is 14.1. The molecule has 0 bridgehead atoms. The van der Waals surface area contributed by atoms with Gasteiger partial charge in [0, 0.05) is 29.1 Å². The number of halogens is 2. The van der Waals surface area contributed by atoms with Gasteiger partial charge in [-0.25, -0.2) is 14.4 Å². The van der Waals surface area contributed by atoms with Crippen molar-refractivity contribution in [2.45, 2.75) is 26.3 Å². The van der Waals surface area contributed by atoms with Gasteiger partial charge in [0.25, 0.3) is 0 Å². The van der Waals surface area contributed by atoms with Crippen molar-refractivity contribution in [1.82, 2.24) is 14.5 Å². The summed E-state index contributed by atoms with van der Waals surface area (Å²) < 4.78 is 18.1. The predicted octanol–water partition coefficient (Wildman–Crippen LogP) is 5.87. The highest BCUT2D eigenvalue weighted by Gasteiger charge is 2.25. The van der Waals surface area contributed by atoms with E-state index in [0.717, 1.165) is 52.2 Å². The van der Waals surface area contributed by atoms with Gasteiger partial charge in [-0.15, -0.1) is 11.3 Å². The maximum absolute atomic E-state index is 14.7. The normalized spacial score (nSPS) is 13.5. The third-order valence-electron chi connectivity index (χ3n) is 4.94. The van der Waals surface area contributed by atoms with E-state index in [4.69, 9.17) is 16.6 Å². The fraction of sp³-hybridized carbons (Fsp3) is 0.200. The lowest BCUT2D eigenvalue weighted by Gasteiger charge is -2.10. The first-order valence-corrected chi connectivity index (χ1v) is 9.76. The molecule has 6 heteroatoms. The van der Waals surface area contributed by atoms with Crippen LogP contribution < -0.4 is 0 Å². The van der Waals surface area contributed by atoms with Gasteiger partial charge in [-0.1, -0.05) is 17.7 Å². The fourth-order valence-electron chi connectivity index (χ4n) is 3.65. The minimum atomic E-state index is -0.336. The number of fused-ring (bicyclic) bond motifs is 2. The van der Waals surface area contributed by atoms with Crippen LogP contribution in [-0.4, -0.2) is 14.5 Å². The van der Waals surface area contributed by atoms with E-state index in [2.05, 4.69) is 21.7 Å². The molecule has 0 saturated carbocycles. The van der Waals surface area contributed by atoms with E-state index >= 15 is 0 Å². The summed E-state index contributed by atoms with van der Waals surface area (Å²) >= 11 is 7.70. The van der Waals surface area contributed by atoms with Gasteiger partial charge in [-0.3, -0.25) is 0 Å². The lowest BCUT2D eigenvalue weighted by atomic mass is 10.0. The van der Waals surface area contributed by atoms with Crippen LogP contribution in [0.15, 0.2) is 35.8 Å². The van der Waals surface area contributed by atoms with Crippen molar-refractivity contribution in [1.29, 1.82) is 0 Å². The smallest absolute Gasteiger partial charge is 0.134 e. The Morgan fingerprint density at radius 3 is 3.00 bits per heavy atom. The molecule has 0 amide bonds. The lowest BCUT2D eigenvalue weighted by molar-refractivity contribution is 0.630. The Hall–Kier alpha value is -2.24. The second kappa shape index (κ2) is 5.89. The average Bonchev–Trinajstić information content (AvgIpc) is 3.32. The highest BCUT2D eigenvalue weighted by atomic mass is 35.5. The Labute approximate surface area is 159 Å². The van der Waals surface area contributed by atoms with Gasteiger partial charge in [0.2, 0.25) is 0 Å². The summed E-state index contributed by atoms with van der Waals surface area (Å²) in [5, 5.41) is 0.436. The molecule has 26 heavy (non-hydrogen) atoms. The number of rotatable bonds is 2. The number of hydrogen-bond donors (Lipinski definition) is 0. The van der Waals surface area contributed by atoms with Gasteiger partial charge >= 0.3 is 0 Å². The molecular weight excluding hydrogens is 369 g/mol. The predicted molar refractivity (Wildman–Crippen MR) is 104 cm³/mol. The number of aromatic nitrogens is 3. The van der Waals surface area contributed by atoms with Crippen LogP contribution >= 0.6 is 22.9 Å². The Morgan fingerprint density at radius 2 is 2.12 bits per heavy atom. The van der Waals surface area contributed by atoms with Crippen molar-refractivity contribution in [3.63, 3.8) is 0 Å². The van der Waals surface area contributed by atoms with Crippen molar-refractivity contribution in [2.24, 2.45) is 0 Å². The van der Waals surface area contributed by atoms with Crippen molar-refractivity contribution >= 4 is 33.2 Å². The van der Waals surface area contributed by atoms with Crippen LogP contribution in [0.3, 0.4) is 0 Å². The standard InChI is InChI=1S/C20H15ClFN3S/c1-11-7-13(15(22)9-14(11)21)19-20(25-6-2-3-18(25)24-19)12-4-5-16-17(8-12)26-10-23-16/h4-5,7-10H,2-3,6H2,1H3. The first-order chi connectivity index (χ1) is 12.6. The number of thiazole rings is 1. The molecule has 0 aliphatic carbocycles. The topological polar surface area (TPSA) is 30.7 Å². The Kier molecular flexibility index (Phi) is 3.62. The second-order valence-electron chi connectivity index (χ2n) is 6.60. The third kappa shape index (κ3) is 2.38. The number of benzene rings is 2. The first kappa shape index (κ1) is 16.0. The lowest BCUT2D eigenvalue weighted by Crippen LogP contribution is -1.97. The van der Waals surface area contributed by atoms with E-state index in [1.165, 1.54) is 6.07 Å². The van der Waals surface area contributed by atoms with E-state index in [9.17, 15) is 4.39 Å². The van der Waals surface area contributed by atoms with Crippen molar-refractivity contribution in [2.75, 3.05) is 0 Å². The molecule has 5 rings (SSSR count). The maximum atomic E-state index is 14.7. The Morgan fingerprint density at radius 1 is 1.23 bits per heavy atom. The van der Waals surface area contributed by atoms with Gasteiger partial charge in [0.1, 0.15) is 11.6 Å². The molecule has 0 radical (unpaired) electrons. The number of imidazole rings is 1. The molecule has 3 nitrogen and oxygen atoms in total. The van der Waals surface area contributed by atoms with Crippen molar-refractivity contribution < 1.29 is 4.39 Å². The van der Waals surface area contributed by atoms with Crippen LogP contribution in [0.2, 0.25) is 5.02 Å². The van der Waals surface area contributed by atoms with E-state index in [1.807, 2.05) is 18.5 Å². The highest BCUT2D eigenvalue weighted by Crippen LogP contribution is 2.39. The molecule has 0 spiro atoms. The van der Waals surface area contributed by atoms with E-state index in [1.54, 1.807) is 17.4 Å². The average molecular weight is 384 g/mol. The summed E-state index contributed by atoms with van der Waals surface area (Å²) in [4.78, 5) is 9.16. The summed E-state index contributed by atoms with van der Waals surface area (Å²) in [5.41, 5.74) is 6.90. The quantitative estimate of drug-likeness (QED) is 0.433. The van der Waals surface area contributed by atoms with E-state index in [-0.39, 0.29) is 5.82 Å². The van der Waals surface area contributed by atoms with Crippen molar-refractivity contribution in [3.8, 4) is 22.5 Å². The molecule has 130 valence electrons. The summed E-state index contributed by atoms with van der Waals surface area (Å²) in [7, 11) is 0. The molecule has 1 aliphatic rings. The van der Waals surface area contributed by atoms with E-state index in [0.29, 0.717) is 16.3 Å². The van der Waals surface area contributed by atoms with Crippen LogP contribution in [0.4, 0.5) is 4.39 Å². The maximum Gasteiger partial charge on any atom is 0.134 e. The molecule has 2 aromatic heterocycles. The van der Waals surface area contributed by atoms with Crippen LogP contribution in [-0.2, 0) is 13.0 Å². The summed E-state index contributed by atoms with van der Waals surface area (Å²) in [5.74, 6) is 0.684. The van der Waals surface area contributed by atoms with Crippen LogP contribution in [0.5, 0.6) is 0 Å². The molecule has 1 aliphatic heterocycles. The summed E-state index contributed by atoms with van der Waals surface area (Å²) in [6.45, 7) is 2.80. The molecular formula is C20H15ClFN3S. The Bertz CT molecular complexity index is 1160. The Balaban J connectivity index is 1.78. The van der Waals surface area contributed by atoms with Gasteiger partial charge in [0.05, 0.1) is 27.1 Å². The molecule has 0 atom stereocenters. The molecule has 0 saturated heterocycles. The molecule has 0 unspecified atom stereocenters. The molecule has 3 heterocycles. The number of aryl methyl sites for hydroxylation is 2. The largest absolute Gasteiger partial charge is 0.327 e. The van der Waals surface area contributed by atoms with Gasteiger partial charge in [-0.2, -0.15) is 0 Å². The van der Waals surface area contributed by atoms with Crippen LogP contribution in [0, 0.1) is 12.7 Å². The fourth-order valence-corrected chi connectivity index (χ4v) is 4.51. The monoisotopic (exact) mass is 383 g/mol.